The standard InChI is InChI=1S/C49H71N7O11S/c1-12-56(46(61)65-37-18-15-31-24-36-34-17-16-32(57)26-49(34,19-22-55(36)10)40(31)42(37)64-11)23-21-51-44(60)35(53-38(58)25-39(59)66-47(5,6)7)14-13-20-52-45(50)54-68(62,63)43-29(3)28(2)41-33(30(43)4)27-48(8,9)67-41/h15,18,34-36H,12-14,16-17,19-27H2,1-11H3,(H,51,60)(H,53,58)(H3,50,52,54)/t34?,35-,36+,49-/m0/s1. The molecule has 6 rings (SSSR count). The summed E-state index contributed by atoms with van der Waals surface area (Å²) >= 11 is 0. The van der Waals surface area contributed by atoms with Crippen LogP contribution in [0, 0.1) is 26.7 Å². The van der Waals surface area contributed by atoms with E-state index in [4.69, 9.17) is 24.7 Å². The van der Waals surface area contributed by atoms with Crippen molar-refractivity contribution in [2.24, 2.45) is 16.0 Å². The van der Waals surface area contributed by atoms with Crippen LogP contribution in [0.1, 0.15) is 120 Å². The first-order chi connectivity index (χ1) is 31.8. The number of nitrogens with one attached hydrogen (secondary N) is 3. The van der Waals surface area contributed by atoms with Crippen LogP contribution >= 0.6 is 0 Å². The Morgan fingerprint density at radius 3 is 2.46 bits per heavy atom. The molecule has 0 radical (unpaired) electrons. The number of fused-ring (bicyclic) bond motifs is 2. The summed E-state index contributed by atoms with van der Waals surface area (Å²) in [5, 5.41) is 8.21. The lowest BCUT2D eigenvalue weighted by Gasteiger charge is -2.58. The predicted molar refractivity (Wildman–Crippen MR) is 256 cm³/mol. The molecule has 2 heterocycles. The number of sulfonamides is 1. The Morgan fingerprint density at radius 1 is 1.06 bits per heavy atom. The molecule has 2 aliphatic carbocycles. The first kappa shape index (κ1) is 52.0. The van der Waals surface area contributed by atoms with Gasteiger partial charge in [-0.1, -0.05) is 6.07 Å². The number of ether oxygens (including phenoxy) is 4. The van der Waals surface area contributed by atoms with Gasteiger partial charge in [0, 0.05) is 68.0 Å². The number of carbonyl (C=O) groups is 5. The van der Waals surface area contributed by atoms with Crippen molar-refractivity contribution in [3.8, 4) is 17.2 Å². The molecular weight excluding hydrogens is 895 g/mol. The number of hydrogen-bond acceptors (Lipinski definition) is 12. The number of methoxy groups -OCH3 is 1. The Hall–Kier alpha value is -5.43. The van der Waals surface area contributed by atoms with E-state index in [1.165, 1.54) is 4.90 Å². The second kappa shape index (κ2) is 20.3. The van der Waals surface area contributed by atoms with Gasteiger partial charge in [0.05, 0.1) is 12.0 Å². The zero-order valence-electron chi connectivity index (χ0n) is 41.6. The lowest BCUT2D eigenvalue weighted by atomic mass is 9.52. The van der Waals surface area contributed by atoms with Gasteiger partial charge in [0.2, 0.25) is 17.8 Å². The van der Waals surface area contributed by atoms with Gasteiger partial charge in [-0.15, -0.1) is 4.40 Å². The molecule has 2 aliphatic heterocycles. The van der Waals surface area contributed by atoms with Gasteiger partial charge in [-0.05, 0) is 142 Å². The molecule has 0 spiro atoms. The molecule has 3 amide bonds. The summed E-state index contributed by atoms with van der Waals surface area (Å²) < 4.78 is 54.7. The van der Waals surface area contributed by atoms with Crippen molar-refractivity contribution in [3.05, 3.63) is 45.5 Å². The highest BCUT2D eigenvalue weighted by Crippen LogP contribution is 2.58. The molecule has 2 aromatic rings. The molecule has 0 aromatic heterocycles. The molecule has 1 saturated carbocycles. The number of hydrogen-bond donors (Lipinski definition) is 4. The van der Waals surface area contributed by atoms with Crippen LogP contribution in [0.3, 0.4) is 0 Å². The number of Topliss-reactive ketones (excluding diaryl/α,β-unsaturated/α-hetero) is 1. The second-order valence-electron chi connectivity index (χ2n) is 20.3. The van der Waals surface area contributed by atoms with Gasteiger partial charge < -0.3 is 50.4 Å². The lowest BCUT2D eigenvalue weighted by molar-refractivity contribution is -0.156. The third-order valence-electron chi connectivity index (χ3n) is 13.9. The number of rotatable bonds is 16. The second-order valence-corrected chi connectivity index (χ2v) is 21.9. The fraction of sp³-hybridized carbons (Fsp3) is 0.633. The topological polar surface area (TPSA) is 237 Å². The van der Waals surface area contributed by atoms with Gasteiger partial charge in [-0.2, -0.15) is 8.42 Å². The molecule has 2 fully saturated rings. The van der Waals surface area contributed by atoms with E-state index >= 15 is 0 Å². The number of likely N-dealkylation sites (tertiary alicyclic amines) is 1. The SMILES string of the molecule is CCN(CCNC(=O)[C@H](CCCN/C(N)=N\S(=O)(=O)c1c(C)c(C)c2c(c1C)CC(C)(C)O2)NC(=O)CC(=O)OC(C)(C)C)C(=O)Oc1ccc2c(c1OC)[C@]13CCN(C)[C@H](C2)C1CCC(=O)C3. The number of piperidine rings is 1. The molecule has 2 aromatic carbocycles. The Balaban J connectivity index is 1.09. The van der Waals surface area contributed by atoms with Crippen LogP contribution in [0.25, 0.3) is 0 Å². The summed E-state index contributed by atoms with van der Waals surface area (Å²) in [4.78, 5) is 69.9. The summed E-state index contributed by atoms with van der Waals surface area (Å²) in [7, 11) is -0.547. The quantitative estimate of drug-likeness (QED) is 0.0599. The maximum atomic E-state index is 13.7. The zero-order chi connectivity index (χ0) is 50.1. The van der Waals surface area contributed by atoms with Gasteiger partial charge in [0.1, 0.15) is 35.2 Å². The Morgan fingerprint density at radius 2 is 1.78 bits per heavy atom. The Labute approximate surface area is 400 Å². The molecule has 4 aliphatic rings. The van der Waals surface area contributed by atoms with Crippen molar-refractivity contribution in [3.63, 3.8) is 0 Å². The van der Waals surface area contributed by atoms with Gasteiger partial charge >= 0.3 is 12.1 Å². The first-order valence-corrected chi connectivity index (χ1v) is 25.1. The number of likely N-dealkylation sites (N-methyl/N-ethyl adjacent to an activating group) is 2. The third kappa shape index (κ3) is 11.2. The van der Waals surface area contributed by atoms with Gasteiger partial charge in [0.15, 0.2) is 11.5 Å². The monoisotopic (exact) mass is 965 g/mol. The summed E-state index contributed by atoms with van der Waals surface area (Å²) in [5.74, 6) is -0.500. The molecule has 18 nitrogen and oxygen atoms in total. The molecule has 1 saturated heterocycles. The van der Waals surface area contributed by atoms with E-state index in [0.29, 0.717) is 47.9 Å². The summed E-state index contributed by atoms with van der Waals surface area (Å²) in [5.41, 5.74) is 9.07. The summed E-state index contributed by atoms with van der Waals surface area (Å²) in [6.45, 7) is 17.2. The van der Waals surface area contributed by atoms with E-state index in [2.05, 4.69) is 32.3 Å². The number of benzene rings is 2. The van der Waals surface area contributed by atoms with Gasteiger partial charge in [0.25, 0.3) is 10.0 Å². The largest absolute Gasteiger partial charge is 0.493 e. The van der Waals surface area contributed by atoms with Gasteiger partial charge in [-0.3, -0.25) is 19.2 Å². The average Bonchev–Trinajstić information content (AvgIpc) is 3.58. The van der Waals surface area contributed by atoms with Crippen molar-refractivity contribution < 1.29 is 51.3 Å². The predicted octanol–water partition coefficient (Wildman–Crippen LogP) is 4.43. The van der Waals surface area contributed by atoms with Crippen LogP contribution in [0.15, 0.2) is 21.4 Å². The molecule has 68 heavy (non-hydrogen) atoms. The van der Waals surface area contributed by atoms with E-state index in [1.54, 1.807) is 54.7 Å². The van der Waals surface area contributed by atoms with Crippen LogP contribution in [0.4, 0.5) is 4.79 Å². The number of ketones is 1. The minimum Gasteiger partial charge on any atom is -0.493 e. The highest BCUT2D eigenvalue weighted by Gasteiger charge is 2.56. The van der Waals surface area contributed by atoms with Crippen molar-refractivity contribution in [1.82, 2.24) is 25.8 Å². The number of esters is 1. The fourth-order valence-corrected chi connectivity index (χ4v) is 12.2. The van der Waals surface area contributed by atoms with Crippen LogP contribution in [-0.2, 0) is 52.2 Å². The molecule has 5 N–H and O–H groups in total. The zero-order valence-corrected chi connectivity index (χ0v) is 42.4. The van der Waals surface area contributed by atoms with Crippen LogP contribution in [-0.4, -0.2) is 124 Å². The minimum atomic E-state index is -4.25. The van der Waals surface area contributed by atoms with Gasteiger partial charge in [-0.25, -0.2) is 4.79 Å². The average molecular weight is 966 g/mol. The van der Waals surface area contributed by atoms with Crippen molar-refractivity contribution in [1.29, 1.82) is 0 Å². The maximum Gasteiger partial charge on any atom is 0.415 e. The number of nitrogens with two attached hydrogens (primary N) is 1. The molecule has 2 bridgehead atoms. The van der Waals surface area contributed by atoms with E-state index in [0.717, 1.165) is 48.1 Å². The fourth-order valence-electron chi connectivity index (χ4n) is 10.7. The van der Waals surface area contributed by atoms with Crippen LogP contribution in [0.2, 0.25) is 0 Å². The molecule has 19 heteroatoms. The smallest absolute Gasteiger partial charge is 0.415 e. The Kier molecular flexibility index (Phi) is 15.5. The molecule has 374 valence electrons. The van der Waals surface area contributed by atoms with Crippen LogP contribution < -0.4 is 35.9 Å². The molecule has 4 atom stereocenters. The highest BCUT2D eigenvalue weighted by molar-refractivity contribution is 7.90. The van der Waals surface area contributed by atoms with E-state index in [9.17, 15) is 32.4 Å². The van der Waals surface area contributed by atoms with Crippen molar-refractivity contribution in [2.75, 3.05) is 46.9 Å². The number of nitrogens with zero attached hydrogens (tertiary/aromatic N) is 3. The van der Waals surface area contributed by atoms with E-state index in [1.807, 2.05) is 26.8 Å². The summed E-state index contributed by atoms with van der Waals surface area (Å²) in [6.07, 6.45) is 2.94. The highest BCUT2D eigenvalue weighted by atomic mass is 32.2. The van der Waals surface area contributed by atoms with Crippen molar-refractivity contribution >= 4 is 45.6 Å². The first-order valence-electron chi connectivity index (χ1n) is 23.6. The number of guanidine groups is 1. The molecule has 1 unspecified atom stereocenters. The summed E-state index contributed by atoms with van der Waals surface area (Å²) in [6, 6.07) is 2.91. The normalized spacial score (nSPS) is 21.3. The molecular formula is C49H71N7O11S. The number of amides is 3. The van der Waals surface area contributed by atoms with Crippen molar-refractivity contribution in [2.45, 2.75) is 154 Å². The van der Waals surface area contributed by atoms with Crippen LogP contribution in [0.5, 0.6) is 17.2 Å². The van der Waals surface area contributed by atoms with E-state index < -0.39 is 63.0 Å². The lowest BCUT2D eigenvalue weighted by Crippen LogP contribution is -2.61. The Bertz CT molecular complexity index is 2470. The minimum absolute atomic E-state index is 0.0102. The van der Waals surface area contributed by atoms with E-state index in [-0.39, 0.29) is 67.3 Å². The third-order valence-corrected chi connectivity index (χ3v) is 15.4. The maximum absolute atomic E-state index is 13.7. The number of carbonyl (C=O) groups excluding carboxylic acids is 5.